The van der Waals surface area contributed by atoms with Crippen molar-refractivity contribution in [1.82, 2.24) is 5.32 Å². The fourth-order valence-electron chi connectivity index (χ4n) is 2.21. The number of para-hydroxylation sites is 1. The second-order valence-corrected chi connectivity index (χ2v) is 5.82. The van der Waals surface area contributed by atoms with Crippen molar-refractivity contribution in [3.8, 4) is 11.5 Å². The van der Waals surface area contributed by atoms with E-state index in [1.54, 1.807) is 44.2 Å². The van der Waals surface area contributed by atoms with Crippen LogP contribution in [-0.2, 0) is 4.79 Å². The Labute approximate surface area is 145 Å². The van der Waals surface area contributed by atoms with Crippen LogP contribution in [-0.4, -0.2) is 23.1 Å². The zero-order chi connectivity index (χ0) is 18.4. The number of hydrogen-bond donors (Lipinski definition) is 4. The normalized spacial score (nSPS) is 11.6. The number of carboxylic acid groups (broad SMARTS) is 1. The van der Waals surface area contributed by atoms with E-state index in [4.69, 9.17) is 15.6 Å². The van der Waals surface area contributed by atoms with Crippen LogP contribution in [0.2, 0.25) is 0 Å². The molecule has 0 aliphatic heterocycles. The van der Waals surface area contributed by atoms with Gasteiger partial charge in [0.05, 0.1) is 11.4 Å². The monoisotopic (exact) mass is 343 g/mol. The molecule has 2 aromatic rings. The Hall–Kier alpha value is -3.22. The van der Waals surface area contributed by atoms with Crippen LogP contribution in [0.3, 0.4) is 0 Å². The Balaban J connectivity index is 2.16. The highest BCUT2D eigenvalue weighted by atomic mass is 16.5. The largest absolute Gasteiger partial charge is 0.465 e. The molecule has 1 atom stereocenters. The Morgan fingerprint density at radius 3 is 2.36 bits per heavy atom. The first-order valence-corrected chi connectivity index (χ1v) is 7.79. The van der Waals surface area contributed by atoms with Crippen molar-refractivity contribution >= 4 is 23.4 Å². The number of benzene rings is 2. The van der Waals surface area contributed by atoms with Gasteiger partial charge in [0, 0.05) is 6.07 Å². The number of ether oxygens (including phenoxy) is 1. The van der Waals surface area contributed by atoms with Gasteiger partial charge in [-0.05, 0) is 30.2 Å². The number of rotatable bonds is 6. The quantitative estimate of drug-likeness (QED) is 0.601. The number of hydrogen-bond acceptors (Lipinski definition) is 4. The van der Waals surface area contributed by atoms with E-state index in [0.29, 0.717) is 22.9 Å². The molecular formula is C18H21N3O4. The van der Waals surface area contributed by atoms with Gasteiger partial charge in [0.1, 0.15) is 17.5 Å². The molecular weight excluding hydrogens is 322 g/mol. The second kappa shape index (κ2) is 8.05. The van der Waals surface area contributed by atoms with Gasteiger partial charge in [-0.2, -0.15) is 0 Å². The maximum atomic E-state index is 12.4. The average Bonchev–Trinajstić information content (AvgIpc) is 2.56. The summed E-state index contributed by atoms with van der Waals surface area (Å²) in [6.45, 7) is 3.50. The Morgan fingerprint density at radius 1 is 1.08 bits per heavy atom. The first-order chi connectivity index (χ1) is 11.9. The number of carbonyl (C=O) groups excluding carboxylic acids is 1. The van der Waals surface area contributed by atoms with Crippen LogP contribution in [0.4, 0.5) is 16.2 Å². The molecule has 0 heterocycles. The summed E-state index contributed by atoms with van der Waals surface area (Å²) in [6, 6.07) is 13.2. The van der Waals surface area contributed by atoms with Crippen molar-refractivity contribution in [2.45, 2.75) is 19.9 Å². The van der Waals surface area contributed by atoms with Crippen molar-refractivity contribution in [3.05, 3.63) is 48.5 Å². The van der Waals surface area contributed by atoms with Gasteiger partial charge in [-0.1, -0.05) is 32.0 Å². The van der Waals surface area contributed by atoms with Gasteiger partial charge in [0.25, 0.3) is 0 Å². The van der Waals surface area contributed by atoms with Gasteiger partial charge in [-0.15, -0.1) is 0 Å². The molecule has 5 N–H and O–H groups in total. The number of nitrogen functional groups attached to an aromatic ring is 1. The third-order valence-electron chi connectivity index (χ3n) is 3.49. The maximum Gasteiger partial charge on any atom is 0.405 e. The van der Waals surface area contributed by atoms with Gasteiger partial charge >= 0.3 is 6.09 Å². The van der Waals surface area contributed by atoms with Gasteiger partial charge in [-0.25, -0.2) is 4.79 Å². The molecule has 0 aliphatic rings. The zero-order valence-electron chi connectivity index (χ0n) is 14.0. The van der Waals surface area contributed by atoms with E-state index in [1.165, 1.54) is 0 Å². The zero-order valence-corrected chi connectivity index (χ0v) is 14.0. The molecule has 2 amide bonds. The summed E-state index contributed by atoms with van der Waals surface area (Å²) in [5, 5.41) is 13.7. The SMILES string of the molecule is CC(C)[C@H](NC(=O)O)C(=O)Nc1cc(Oc2ccccc2)ccc1N. The molecule has 0 aliphatic carbocycles. The van der Waals surface area contributed by atoms with Gasteiger partial charge in [-0.3, -0.25) is 4.79 Å². The lowest BCUT2D eigenvalue weighted by molar-refractivity contribution is -0.118. The summed E-state index contributed by atoms with van der Waals surface area (Å²) in [6.07, 6.45) is -1.26. The predicted octanol–water partition coefficient (Wildman–Crippen LogP) is 3.29. The topological polar surface area (TPSA) is 114 Å². The third-order valence-corrected chi connectivity index (χ3v) is 3.49. The lowest BCUT2D eigenvalue weighted by atomic mass is 10.0. The Morgan fingerprint density at radius 2 is 1.76 bits per heavy atom. The number of carbonyl (C=O) groups is 2. The Bertz CT molecular complexity index is 747. The standard InChI is InChI=1S/C18H21N3O4/c1-11(2)16(21-18(23)24)17(22)20-15-10-13(8-9-14(15)19)25-12-6-4-3-5-7-12/h3-11,16,21H,19H2,1-2H3,(H,20,22)(H,23,24)/t16-/m0/s1. The number of nitrogens with one attached hydrogen (secondary N) is 2. The highest BCUT2D eigenvalue weighted by molar-refractivity contribution is 5.99. The summed E-state index contributed by atoms with van der Waals surface area (Å²) in [5.41, 5.74) is 6.61. The molecule has 0 aromatic heterocycles. The van der Waals surface area contributed by atoms with E-state index in [9.17, 15) is 9.59 Å². The molecule has 0 saturated carbocycles. The highest BCUT2D eigenvalue weighted by Crippen LogP contribution is 2.28. The third kappa shape index (κ3) is 5.13. The van der Waals surface area contributed by atoms with Crippen LogP contribution >= 0.6 is 0 Å². The molecule has 7 nitrogen and oxygen atoms in total. The van der Waals surface area contributed by atoms with Gasteiger partial charge < -0.3 is 26.2 Å². The predicted molar refractivity (Wildman–Crippen MR) is 95.8 cm³/mol. The first kappa shape index (κ1) is 18.1. The van der Waals surface area contributed by atoms with Crippen molar-refractivity contribution in [1.29, 1.82) is 0 Å². The molecule has 25 heavy (non-hydrogen) atoms. The van der Waals surface area contributed by atoms with Gasteiger partial charge in [0.15, 0.2) is 0 Å². The summed E-state index contributed by atoms with van der Waals surface area (Å²) in [5.74, 6) is 0.446. The van der Waals surface area contributed by atoms with E-state index < -0.39 is 18.0 Å². The molecule has 0 bridgehead atoms. The van der Waals surface area contributed by atoms with Crippen LogP contribution in [0.25, 0.3) is 0 Å². The van der Waals surface area contributed by atoms with Gasteiger partial charge in [0.2, 0.25) is 5.91 Å². The van der Waals surface area contributed by atoms with Crippen LogP contribution in [0.15, 0.2) is 48.5 Å². The minimum Gasteiger partial charge on any atom is -0.465 e. The van der Waals surface area contributed by atoms with Crippen LogP contribution in [0.1, 0.15) is 13.8 Å². The minimum absolute atomic E-state index is 0.221. The van der Waals surface area contributed by atoms with Crippen molar-refractivity contribution < 1.29 is 19.4 Å². The van der Waals surface area contributed by atoms with E-state index >= 15 is 0 Å². The lowest BCUT2D eigenvalue weighted by Gasteiger charge is -2.20. The minimum atomic E-state index is -1.26. The van der Waals surface area contributed by atoms with E-state index in [2.05, 4.69) is 10.6 Å². The number of nitrogens with two attached hydrogens (primary N) is 1. The second-order valence-electron chi connectivity index (χ2n) is 5.82. The first-order valence-electron chi connectivity index (χ1n) is 7.79. The van der Waals surface area contributed by atoms with E-state index in [-0.39, 0.29) is 5.92 Å². The fourth-order valence-corrected chi connectivity index (χ4v) is 2.21. The van der Waals surface area contributed by atoms with Crippen molar-refractivity contribution in [2.24, 2.45) is 5.92 Å². The fraction of sp³-hybridized carbons (Fsp3) is 0.222. The summed E-state index contributed by atoms with van der Waals surface area (Å²) < 4.78 is 5.71. The smallest absolute Gasteiger partial charge is 0.405 e. The van der Waals surface area contributed by atoms with Crippen LogP contribution in [0.5, 0.6) is 11.5 Å². The number of anilines is 2. The van der Waals surface area contributed by atoms with Crippen LogP contribution in [0, 0.1) is 5.92 Å². The summed E-state index contributed by atoms with van der Waals surface area (Å²) in [7, 11) is 0. The lowest BCUT2D eigenvalue weighted by Crippen LogP contribution is -2.46. The molecule has 0 saturated heterocycles. The van der Waals surface area contributed by atoms with Crippen molar-refractivity contribution in [2.75, 3.05) is 11.1 Å². The number of amides is 2. The summed E-state index contributed by atoms with van der Waals surface area (Å²) in [4.78, 5) is 23.2. The molecule has 2 aromatic carbocycles. The molecule has 0 spiro atoms. The van der Waals surface area contributed by atoms with E-state index in [1.807, 2.05) is 18.2 Å². The molecule has 0 radical (unpaired) electrons. The molecule has 0 fully saturated rings. The molecule has 0 unspecified atom stereocenters. The van der Waals surface area contributed by atoms with E-state index in [0.717, 1.165) is 0 Å². The average molecular weight is 343 g/mol. The molecule has 132 valence electrons. The maximum absolute atomic E-state index is 12.4. The Kier molecular flexibility index (Phi) is 5.84. The summed E-state index contributed by atoms with van der Waals surface area (Å²) >= 11 is 0. The molecule has 7 heteroatoms. The molecule has 2 rings (SSSR count). The van der Waals surface area contributed by atoms with Crippen molar-refractivity contribution in [3.63, 3.8) is 0 Å². The van der Waals surface area contributed by atoms with Crippen LogP contribution < -0.4 is 21.1 Å². The highest BCUT2D eigenvalue weighted by Gasteiger charge is 2.24.